The fourth-order valence-corrected chi connectivity index (χ4v) is 2.23. The Morgan fingerprint density at radius 3 is 2.50 bits per heavy atom. The Bertz CT molecular complexity index is 241. The Morgan fingerprint density at radius 2 is 2.07 bits per heavy atom. The molecule has 0 spiro atoms. The van der Waals surface area contributed by atoms with Crippen LogP contribution in [-0.4, -0.2) is 11.1 Å². The average molecular weight is 196 g/mol. The topological polar surface area (TPSA) is 37.3 Å². The zero-order valence-electron chi connectivity index (χ0n) is 9.29. The predicted molar refractivity (Wildman–Crippen MR) is 57.1 cm³/mol. The van der Waals surface area contributed by atoms with E-state index in [4.69, 9.17) is 5.11 Å². The molecule has 2 heteroatoms. The summed E-state index contributed by atoms with van der Waals surface area (Å²) in [5.41, 5.74) is 0.499. The normalized spacial score (nSPS) is 28.4. The van der Waals surface area contributed by atoms with Crippen molar-refractivity contribution < 1.29 is 9.90 Å². The molecule has 1 aliphatic carbocycles. The van der Waals surface area contributed by atoms with Crippen molar-refractivity contribution in [1.29, 1.82) is 0 Å². The first-order valence-corrected chi connectivity index (χ1v) is 5.42. The van der Waals surface area contributed by atoms with E-state index in [0.29, 0.717) is 11.5 Å². The summed E-state index contributed by atoms with van der Waals surface area (Å²) in [7, 11) is 0. The van der Waals surface area contributed by atoms with Crippen molar-refractivity contribution in [2.75, 3.05) is 0 Å². The molecule has 0 radical (unpaired) electrons. The molecule has 1 aliphatic rings. The molecule has 0 aromatic rings. The van der Waals surface area contributed by atoms with Crippen molar-refractivity contribution in [2.45, 2.75) is 40.0 Å². The minimum Gasteiger partial charge on any atom is -0.478 e. The van der Waals surface area contributed by atoms with Gasteiger partial charge >= 0.3 is 5.97 Å². The van der Waals surface area contributed by atoms with Crippen LogP contribution in [0.1, 0.15) is 40.0 Å². The van der Waals surface area contributed by atoms with Crippen LogP contribution in [0.5, 0.6) is 0 Å². The lowest BCUT2D eigenvalue weighted by atomic mass is 9.93. The third kappa shape index (κ3) is 2.86. The lowest BCUT2D eigenvalue weighted by Gasteiger charge is -2.13. The largest absolute Gasteiger partial charge is 0.478 e. The number of allylic oxidation sites excluding steroid dienone is 1. The predicted octanol–water partition coefficient (Wildman–Crippen LogP) is 3.09. The molecule has 2 nitrogen and oxygen atoms in total. The van der Waals surface area contributed by atoms with Gasteiger partial charge in [0.2, 0.25) is 0 Å². The summed E-state index contributed by atoms with van der Waals surface area (Å²) in [6.45, 7) is 6.19. The molecule has 2 atom stereocenters. The minimum atomic E-state index is -0.780. The first-order valence-electron chi connectivity index (χ1n) is 5.42. The molecule has 0 aliphatic heterocycles. The van der Waals surface area contributed by atoms with Gasteiger partial charge in [-0.3, -0.25) is 0 Å². The molecule has 1 fully saturated rings. The van der Waals surface area contributed by atoms with E-state index in [1.807, 2.05) is 6.08 Å². The van der Waals surface area contributed by atoms with Gasteiger partial charge in [-0.05, 0) is 43.9 Å². The van der Waals surface area contributed by atoms with Crippen LogP contribution in [0.15, 0.2) is 11.6 Å². The van der Waals surface area contributed by atoms with Gasteiger partial charge in [0.25, 0.3) is 0 Å². The molecular weight excluding hydrogens is 176 g/mol. The van der Waals surface area contributed by atoms with Gasteiger partial charge in [0.1, 0.15) is 0 Å². The summed E-state index contributed by atoms with van der Waals surface area (Å²) in [5, 5.41) is 8.75. The van der Waals surface area contributed by atoms with Crippen molar-refractivity contribution in [3.63, 3.8) is 0 Å². The maximum absolute atomic E-state index is 10.6. The van der Waals surface area contributed by atoms with E-state index in [1.54, 1.807) is 6.92 Å². The fourth-order valence-electron chi connectivity index (χ4n) is 2.23. The Balaban J connectivity index is 2.51. The lowest BCUT2D eigenvalue weighted by Crippen LogP contribution is -2.04. The van der Waals surface area contributed by atoms with Crippen molar-refractivity contribution in [2.24, 2.45) is 17.8 Å². The van der Waals surface area contributed by atoms with Crippen LogP contribution in [0, 0.1) is 17.8 Å². The van der Waals surface area contributed by atoms with E-state index in [2.05, 4.69) is 13.8 Å². The molecular formula is C12H20O2. The number of carboxylic acids is 1. The Labute approximate surface area is 86.0 Å². The van der Waals surface area contributed by atoms with E-state index < -0.39 is 5.97 Å². The Kier molecular flexibility index (Phi) is 3.73. The molecule has 1 saturated carbocycles. The zero-order valence-corrected chi connectivity index (χ0v) is 9.29. The third-order valence-corrected chi connectivity index (χ3v) is 3.28. The maximum atomic E-state index is 10.6. The lowest BCUT2D eigenvalue weighted by molar-refractivity contribution is -0.132. The molecule has 0 aromatic heterocycles. The van der Waals surface area contributed by atoms with Gasteiger partial charge in [-0.2, -0.15) is 0 Å². The van der Waals surface area contributed by atoms with Crippen molar-refractivity contribution in [3.8, 4) is 0 Å². The number of rotatable bonds is 3. The fraction of sp³-hybridized carbons (Fsp3) is 0.750. The second-order valence-corrected chi connectivity index (χ2v) is 4.73. The monoisotopic (exact) mass is 196 g/mol. The van der Waals surface area contributed by atoms with Crippen LogP contribution in [0.25, 0.3) is 0 Å². The molecule has 80 valence electrons. The molecule has 2 unspecified atom stereocenters. The van der Waals surface area contributed by atoms with Crippen molar-refractivity contribution in [1.82, 2.24) is 0 Å². The van der Waals surface area contributed by atoms with Crippen LogP contribution < -0.4 is 0 Å². The first-order chi connectivity index (χ1) is 6.50. The molecule has 0 bridgehead atoms. The Morgan fingerprint density at radius 1 is 1.43 bits per heavy atom. The molecule has 0 amide bonds. The SMILES string of the molecule is CC(=CC1CCC(C(C)C)C1)C(=O)O. The van der Waals surface area contributed by atoms with E-state index >= 15 is 0 Å². The van der Waals surface area contributed by atoms with Crippen molar-refractivity contribution >= 4 is 5.97 Å². The van der Waals surface area contributed by atoms with E-state index in [1.165, 1.54) is 12.8 Å². The van der Waals surface area contributed by atoms with Crippen LogP contribution >= 0.6 is 0 Å². The standard InChI is InChI=1S/C12H20O2/c1-8(2)11-5-4-10(7-11)6-9(3)12(13)14/h6,8,10-11H,4-5,7H2,1-3H3,(H,13,14). The zero-order chi connectivity index (χ0) is 10.7. The van der Waals surface area contributed by atoms with Gasteiger partial charge in [0.15, 0.2) is 0 Å². The van der Waals surface area contributed by atoms with Crippen molar-refractivity contribution in [3.05, 3.63) is 11.6 Å². The van der Waals surface area contributed by atoms with Crippen LogP contribution in [0.3, 0.4) is 0 Å². The second-order valence-electron chi connectivity index (χ2n) is 4.73. The molecule has 0 heterocycles. The maximum Gasteiger partial charge on any atom is 0.330 e. The molecule has 1 N–H and O–H groups in total. The van der Waals surface area contributed by atoms with Gasteiger partial charge < -0.3 is 5.11 Å². The summed E-state index contributed by atoms with van der Waals surface area (Å²) < 4.78 is 0. The first kappa shape index (κ1) is 11.3. The highest BCUT2D eigenvalue weighted by atomic mass is 16.4. The van der Waals surface area contributed by atoms with Crippen LogP contribution in [0.2, 0.25) is 0 Å². The average Bonchev–Trinajstić information content (AvgIpc) is 2.52. The molecule has 0 saturated heterocycles. The minimum absolute atomic E-state index is 0.499. The van der Waals surface area contributed by atoms with Gasteiger partial charge in [-0.15, -0.1) is 0 Å². The van der Waals surface area contributed by atoms with E-state index in [9.17, 15) is 4.79 Å². The molecule has 1 rings (SSSR count). The second kappa shape index (κ2) is 4.63. The summed E-state index contributed by atoms with van der Waals surface area (Å²) in [5.74, 6) is 1.24. The summed E-state index contributed by atoms with van der Waals surface area (Å²) in [6.07, 6.45) is 5.52. The van der Waals surface area contributed by atoms with Gasteiger partial charge in [0.05, 0.1) is 0 Å². The summed E-state index contributed by atoms with van der Waals surface area (Å²) in [4.78, 5) is 10.6. The number of aliphatic carboxylic acids is 1. The highest BCUT2D eigenvalue weighted by Gasteiger charge is 2.25. The summed E-state index contributed by atoms with van der Waals surface area (Å²) in [6, 6.07) is 0. The summed E-state index contributed by atoms with van der Waals surface area (Å²) >= 11 is 0. The molecule has 14 heavy (non-hydrogen) atoms. The Hall–Kier alpha value is -0.790. The van der Waals surface area contributed by atoms with Gasteiger partial charge in [-0.1, -0.05) is 19.9 Å². The van der Waals surface area contributed by atoms with E-state index in [-0.39, 0.29) is 0 Å². The highest BCUT2D eigenvalue weighted by molar-refractivity contribution is 5.85. The number of carbonyl (C=O) groups is 1. The molecule has 0 aromatic carbocycles. The number of carboxylic acid groups (broad SMARTS) is 1. The smallest absolute Gasteiger partial charge is 0.330 e. The number of hydrogen-bond donors (Lipinski definition) is 1. The highest BCUT2D eigenvalue weighted by Crippen LogP contribution is 2.36. The van der Waals surface area contributed by atoms with E-state index in [0.717, 1.165) is 18.3 Å². The van der Waals surface area contributed by atoms with Crippen LogP contribution in [0.4, 0.5) is 0 Å². The van der Waals surface area contributed by atoms with Crippen LogP contribution in [-0.2, 0) is 4.79 Å². The quantitative estimate of drug-likeness (QED) is 0.704. The number of hydrogen-bond acceptors (Lipinski definition) is 1. The van der Waals surface area contributed by atoms with Gasteiger partial charge in [-0.25, -0.2) is 4.79 Å². The van der Waals surface area contributed by atoms with Gasteiger partial charge in [0, 0.05) is 5.57 Å². The third-order valence-electron chi connectivity index (χ3n) is 3.28.